The molecule has 0 aliphatic heterocycles. The molecule has 0 saturated heterocycles. The van der Waals surface area contributed by atoms with Crippen LogP contribution in [0.3, 0.4) is 0 Å². The maximum atomic E-state index is 13.7. The SMILES string of the molecule is CC(C)NCc1cc(-c2ccc(C#N)s2)ccc1F. The van der Waals surface area contributed by atoms with Gasteiger partial charge in [-0.05, 0) is 29.8 Å². The Balaban J connectivity index is 2.27. The minimum atomic E-state index is -0.200. The molecule has 19 heavy (non-hydrogen) atoms. The first-order valence-electron chi connectivity index (χ1n) is 6.12. The molecule has 4 heteroatoms. The smallest absolute Gasteiger partial charge is 0.127 e. The lowest BCUT2D eigenvalue weighted by Crippen LogP contribution is -2.22. The van der Waals surface area contributed by atoms with Crippen LogP contribution in [0.25, 0.3) is 10.4 Å². The van der Waals surface area contributed by atoms with Crippen molar-refractivity contribution >= 4 is 11.3 Å². The number of hydrogen-bond acceptors (Lipinski definition) is 3. The zero-order valence-electron chi connectivity index (χ0n) is 10.9. The fourth-order valence-electron chi connectivity index (χ4n) is 1.73. The van der Waals surface area contributed by atoms with Crippen LogP contribution in [0, 0.1) is 17.1 Å². The topological polar surface area (TPSA) is 35.8 Å². The third kappa shape index (κ3) is 3.40. The molecule has 0 bridgehead atoms. The summed E-state index contributed by atoms with van der Waals surface area (Å²) in [4.78, 5) is 1.66. The Morgan fingerprint density at radius 3 is 2.74 bits per heavy atom. The van der Waals surface area contributed by atoms with Gasteiger partial charge in [0, 0.05) is 23.0 Å². The number of hydrogen-bond donors (Lipinski definition) is 1. The summed E-state index contributed by atoms with van der Waals surface area (Å²) in [7, 11) is 0. The molecule has 1 N–H and O–H groups in total. The summed E-state index contributed by atoms with van der Waals surface area (Å²) in [5.41, 5.74) is 1.60. The van der Waals surface area contributed by atoms with Gasteiger partial charge in [0.1, 0.15) is 16.8 Å². The first kappa shape index (κ1) is 13.7. The van der Waals surface area contributed by atoms with Crippen LogP contribution < -0.4 is 5.32 Å². The minimum Gasteiger partial charge on any atom is -0.310 e. The van der Waals surface area contributed by atoms with E-state index in [1.54, 1.807) is 12.1 Å². The van der Waals surface area contributed by atoms with E-state index in [-0.39, 0.29) is 5.82 Å². The predicted molar refractivity (Wildman–Crippen MR) is 76.4 cm³/mol. The second-order valence-electron chi connectivity index (χ2n) is 4.62. The van der Waals surface area contributed by atoms with Gasteiger partial charge in [-0.3, -0.25) is 0 Å². The molecule has 0 amide bonds. The van der Waals surface area contributed by atoms with Crippen molar-refractivity contribution < 1.29 is 4.39 Å². The number of nitrogens with zero attached hydrogens (tertiary/aromatic N) is 1. The van der Waals surface area contributed by atoms with E-state index < -0.39 is 0 Å². The summed E-state index contributed by atoms with van der Waals surface area (Å²) < 4.78 is 13.7. The van der Waals surface area contributed by atoms with Gasteiger partial charge in [0.25, 0.3) is 0 Å². The summed E-state index contributed by atoms with van der Waals surface area (Å²) in [6.07, 6.45) is 0. The second-order valence-corrected chi connectivity index (χ2v) is 5.70. The Morgan fingerprint density at radius 2 is 2.11 bits per heavy atom. The maximum absolute atomic E-state index is 13.7. The molecule has 2 nitrogen and oxygen atoms in total. The molecule has 0 aliphatic rings. The number of thiophene rings is 1. The van der Waals surface area contributed by atoms with Crippen molar-refractivity contribution in [2.45, 2.75) is 26.4 Å². The van der Waals surface area contributed by atoms with Crippen LogP contribution in [0.15, 0.2) is 30.3 Å². The summed E-state index contributed by atoms with van der Waals surface area (Å²) in [6, 6.07) is 11.2. The molecular weight excluding hydrogens is 259 g/mol. The van der Waals surface area contributed by atoms with Crippen molar-refractivity contribution in [1.29, 1.82) is 5.26 Å². The second kappa shape index (κ2) is 5.96. The van der Waals surface area contributed by atoms with Crippen LogP contribution >= 0.6 is 11.3 Å². The van der Waals surface area contributed by atoms with Gasteiger partial charge in [-0.2, -0.15) is 5.26 Å². The van der Waals surface area contributed by atoms with Crippen LogP contribution in [-0.4, -0.2) is 6.04 Å². The molecule has 98 valence electrons. The standard InChI is InChI=1S/C15H15FN2S/c1-10(2)18-9-12-7-11(3-5-14(12)16)15-6-4-13(8-17)19-15/h3-7,10,18H,9H2,1-2H3. The molecule has 0 saturated carbocycles. The van der Waals surface area contributed by atoms with E-state index in [1.165, 1.54) is 17.4 Å². The molecule has 0 fully saturated rings. The lowest BCUT2D eigenvalue weighted by molar-refractivity contribution is 0.553. The van der Waals surface area contributed by atoms with E-state index in [9.17, 15) is 4.39 Å². The minimum absolute atomic E-state index is 0.200. The monoisotopic (exact) mass is 274 g/mol. The Morgan fingerprint density at radius 1 is 1.32 bits per heavy atom. The van der Waals surface area contributed by atoms with Gasteiger partial charge in [-0.15, -0.1) is 11.3 Å². The summed E-state index contributed by atoms with van der Waals surface area (Å²) in [5, 5.41) is 12.0. The highest BCUT2D eigenvalue weighted by Gasteiger charge is 2.08. The fraction of sp³-hybridized carbons (Fsp3) is 0.267. The quantitative estimate of drug-likeness (QED) is 0.917. The normalized spacial score (nSPS) is 10.7. The van der Waals surface area contributed by atoms with Crippen molar-refractivity contribution in [3.8, 4) is 16.5 Å². The van der Waals surface area contributed by atoms with E-state index in [1.807, 2.05) is 26.0 Å². The van der Waals surface area contributed by atoms with Crippen molar-refractivity contribution in [1.82, 2.24) is 5.32 Å². The van der Waals surface area contributed by atoms with Crippen molar-refractivity contribution in [2.24, 2.45) is 0 Å². The van der Waals surface area contributed by atoms with E-state index in [4.69, 9.17) is 5.26 Å². The molecule has 1 heterocycles. The lowest BCUT2D eigenvalue weighted by Gasteiger charge is -2.10. The highest BCUT2D eigenvalue weighted by molar-refractivity contribution is 7.16. The van der Waals surface area contributed by atoms with Crippen LogP contribution in [0.4, 0.5) is 4.39 Å². The highest BCUT2D eigenvalue weighted by atomic mass is 32.1. The van der Waals surface area contributed by atoms with E-state index >= 15 is 0 Å². The van der Waals surface area contributed by atoms with Gasteiger partial charge >= 0.3 is 0 Å². The first-order chi connectivity index (χ1) is 9.10. The average molecular weight is 274 g/mol. The first-order valence-corrected chi connectivity index (χ1v) is 6.94. The van der Waals surface area contributed by atoms with Crippen molar-refractivity contribution in [2.75, 3.05) is 0 Å². The zero-order valence-corrected chi connectivity index (χ0v) is 11.7. The Labute approximate surface area is 116 Å². The molecular formula is C15H15FN2S. The summed E-state index contributed by atoms with van der Waals surface area (Å²) >= 11 is 1.42. The highest BCUT2D eigenvalue weighted by Crippen LogP contribution is 2.29. The molecule has 0 radical (unpaired) electrons. The van der Waals surface area contributed by atoms with Crippen LogP contribution in [0.1, 0.15) is 24.3 Å². The molecule has 0 aliphatic carbocycles. The van der Waals surface area contributed by atoms with Gasteiger partial charge in [0.2, 0.25) is 0 Å². The third-order valence-electron chi connectivity index (χ3n) is 2.75. The van der Waals surface area contributed by atoms with E-state index in [0.29, 0.717) is 23.0 Å². The van der Waals surface area contributed by atoms with Gasteiger partial charge in [0.15, 0.2) is 0 Å². The fourth-order valence-corrected chi connectivity index (χ4v) is 2.53. The molecule has 2 aromatic rings. The molecule has 1 aromatic carbocycles. The number of nitriles is 1. The number of nitrogens with one attached hydrogen (secondary N) is 1. The predicted octanol–water partition coefficient (Wildman–Crippen LogP) is 3.92. The van der Waals surface area contributed by atoms with Gasteiger partial charge in [-0.25, -0.2) is 4.39 Å². The van der Waals surface area contributed by atoms with Crippen molar-refractivity contribution in [3.63, 3.8) is 0 Å². The van der Waals surface area contributed by atoms with Crippen molar-refractivity contribution in [3.05, 3.63) is 46.6 Å². The molecule has 2 rings (SSSR count). The van der Waals surface area contributed by atoms with Gasteiger partial charge < -0.3 is 5.32 Å². The molecule has 0 atom stereocenters. The zero-order chi connectivity index (χ0) is 13.8. The summed E-state index contributed by atoms with van der Waals surface area (Å²) in [5.74, 6) is -0.200. The van der Waals surface area contributed by atoms with Crippen LogP contribution in [0.5, 0.6) is 0 Å². The largest absolute Gasteiger partial charge is 0.310 e. The number of halogens is 1. The lowest BCUT2D eigenvalue weighted by atomic mass is 10.1. The Hall–Kier alpha value is -1.70. The van der Waals surface area contributed by atoms with Crippen LogP contribution in [-0.2, 0) is 6.54 Å². The molecule has 1 aromatic heterocycles. The van der Waals surface area contributed by atoms with E-state index in [0.717, 1.165) is 10.4 Å². The number of rotatable bonds is 4. The van der Waals surface area contributed by atoms with E-state index in [2.05, 4.69) is 11.4 Å². The average Bonchev–Trinajstić information content (AvgIpc) is 2.86. The summed E-state index contributed by atoms with van der Waals surface area (Å²) in [6.45, 7) is 4.56. The Bertz CT molecular complexity index is 611. The molecule has 0 unspecified atom stereocenters. The van der Waals surface area contributed by atoms with Crippen LogP contribution in [0.2, 0.25) is 0 Å². The maximum Gasteiger partial charge on any atom is 0.127 e. The Kier molecular flexibility index (Phi) is 4.31. The van der Waals surface area contributed by atoms with Gasteiger partial charge in [-0.1, -0.05) is 19.9 Å². The number of benzene rings is 1. The van der Waals surface area contributed by atoms with Gasteiger partial charge in [0.05, 0.1) is 0 Å². The molecule has 0 spiro atoms. The third-order valence-corrected chi connectivity index (χ3v) is 3.79.